The molecule has 0 bridgehead atoms. The summed E-state index contributed by atoms with van der Waals surface area (Å²) in [4.78, 5) is 20.6. The summed E-state index contributed by atoms with van der Waals surface area (Å²) in [7, 11) is 0. The summed E-state index contributed by atoms with van der Waals surface area (Å²) in [5, 5.41) is 15.6. The summed E-state index contributed by atoms with van der Waals surface area (Å²) < 4.78 is 40.7. The number of fused-ring (bicyclic) bond motifs is 1. The van der Waals surface area contributed by atoms with E-state index in [2.05, 4.69) is 10.1 Å². The van der Waals surface area contributed by atoms with Gasteiger partial charge in [-0.05, 0) is 24.3 Å². The molecular weight excluding hydrogens is 460 g/mol. The number of benzene rings is 2. The Bertz CT molecular complexity index is 1200. The van der Waals surface area contributed by atoms with Crippen LogP contribution in [0, 0.1) is 11.6 Å². The molecule has 0 saturated carbocycles. The smallest absolute Gasteiger partial charge is 0.254 e. The molecule has 184 valence electrons. The van der Waals surface area contributed by atoms with Crippen LogP contribution >= 0.6 is 0 Å². The van der Waals surface area contributed by atoms with E-state index < -0.39 is 17.2 Å². The molecule has 5 rings (SSSR count). The minimum absolute atomic E-state index is 0.0239. The van der Waals surface area contributed by atoms with Gasteiger partial charge in [-0.3, -0.25) is 9.69 Å². The van der Waals surface area contributed by atoms with Crippen LogP contribution in [0.2, 0.25) is 0 Å². The zero-order valence-corrected chi connectivity index (χ0v) is 18.9. The fourth-order valence-electron chi connectivity index (χ4n) is 4.51. The first kappa shape index (κ1) is 23.2. The Labute approximate surface area is 200 Å². The van der Waals surface area contributed by atoms with E-state index in [-0.39, 0.29) is 24.6 Å². The first-order chi connectivity index (χ1) is 16.9. The number of hydrogen-bond donors (Lipinski definition) is 1. The van der Waals surface area contributed by atoms with E-state index in [9.17, 15) is 18.7 Å². The molecule has 0 aliphatic carbocycles. The lowest BCUT2D eigenvalue weighted by atomic mass is 9.92. The fourth-order valence-corrected chi connectivity index (χ4v) is 4.51. The van der Waals surface area contributed by atoms with Gasteiger partial charge in [0, 0.05) is 49.9 Å². The quantitative estimate of drug-likeness (QED) is 0.568. The highest BCUT2D eigenvalue weighted by Crippen LogP contribution is 2.32. The van der Waals surface area contributed by atoms with E-state index in [1.54, 1.807) is 23.1 Å². The van der Waals surface area contributed by atoms with Crippen molar-refractivity contribution in [2.45, 2.75) is 12.1 Å². The Balaban J connectivity index is 1.28. The number of ether oxygens (including phenoxy) is 2. The number of hydrogen-bond acceptors (Lipinski definition) is 7. The average molecular weight is 485 g/mol. The number of aliphatic hydroxyl groups is 1. The fraction of sp³-hybridized carbons (Fsp3) is 0.375. The summed E-state index contributed by atoms with van der Waals surface area (Å²) >= 11 is 0. The van der Waals surface area contributed by atoms with Crippen molar-refractivity contribution in [2.75, 3.05) is 45.9 Å². The third-order valence-corrected chi connectivity index (χ3v) is 6.26. The molecule has 3 aromatic rings. The molecule has 3 heterocycles. The first-order valence-electron chi connectivity index (χ1n) is 11.3. The van der Waals surface area contributed by atoms with Gasteiger partial charge in [0.2, 0.25) is 0 Å². The number of piperazine rings is 1. The molecule has 35 heavy (non-hydrogen) atoms. The molecule has 1 N–H and O–H groups in total. The minimum atomic E-state index is -1.69. The predicted molar refractivity (Wildman–Crippen MR) is 120 cm³/mol. The number of rotatable bonds is 6. The molecule has 0 spiro atoms. The number of β-amino-alcohol motifs (C(OH)–C–C–N with tert-alkyl or cyclic N) is 1. The maximum atomic E-state index is 14.7. The van der Waals surface area contributed by atoms with Gasteiger partial charge in [0.1, 0.15) is 43.1 Å². The van der Waals surface area contributed by atoms with Gasteiger partial charge in [-0.2, -0.15) is 5.10 Å². The maximum Gasteiger partial charge on any atom is 0.254 e. The van der Waals surface area contributed by atoms with Crippen molar-refractivity contribution in [2.24, 2.45) is 0 Å². The molecule has 0 radical (unpaired) electrons. The highest BCUT2D eigenvalue weighted by atomic mass is 19.1. The Hall–Kier alpha value is -3.57. The lowest BCUT2D eigenvalue weighted by molar-refractivity contribution is -0.0302. The van der Waals surface area contributed by atoms with Gasteiger partial charge in [-0.25, -0.2) is 18.4 Å². The van der Waals surface area contributed by atoms with Gasteiger partial charge in [0.05, 0.1) is 6.54 Å². The number of carbonyl (C=O) groups is 1. The number of aromatic nitrogens is 3. The van der Waals surface area contributed by atoms with Crippen LogP contribution in [0.25, 0.3) is 0 Å². The summed E-state index contributed by atoms with van der Waals surface area (Å²) in [6.45, 7) is 2.73. The van der Waals surface area contributed by atoms with E-state index in [1.165, 1.54) is 23.4 Å². The second kappa shape index (κ2) is 9.59. The van der Waals surface area contributed by atoms with E-state index in [1.807, 2.05) is 4.90 Å². The molecule has 1 amide bonds. The van der Waals surface area contributed by atoms with E-state index in [0.717, 1.165) is 12.1 Å². The number of carbonyl (C=O) groups excluding carboxylic acids is 1. The molecule has 2 aliphatic rings. The third kappa shape index (κ3) is 4.96. The van der Waals surface area contributed by atoms with Crippen LogP contribution in [-0.4, -0.2) is 81.5 Å². The zero-order chi connectivity index (χ0) is 24.4. The van der Waals surface area contributed by atoms with Crippen molar-refractivity contribution in [3.8, 4) is 11.5 Å². The molecule has 1 saturated heterocycles. The van der Waals surface area contributed by atoms with Crippen LogP contribution in [0.5, 0.6) is 11.5 Å². The lowest BCUT2D eigenvalue weighted by Gasteiger charge is -2.39. The first-order valence-corrected chi connectivity index (χ1v) is 11.3. The number of halogens is 2. The molecule has 1 unspecified atom stereocenters. The Morgan fingerprint density at radius 2 is 1.77 bits per heavy atom. The van der Waals surface area contributed by atoms with Gasteiger partial charge >= 0.3 is 0 Å². The highest BCUT2D eigenvalue weighted by Gasteiger charge is 2.37. The average Bonchev–Trinajstić information content (AvgIpc) is 3.36. The van der Waals surface area contributed by atoms with Crippen LogP contribution in [0.15, 0.2) is 49.1 Å². The molecule has 9 nitrogen and oxygen atoms in total. The molecule has 2 aromatic carbocycles. The molecule has 1 atom stereocenters. The van der Waals surface area contributed by atoms with Crippen molar-refractivity contribution in [3.63, 3.8) is 0 Å². The maximum absolute atomic E-state index is 14.7. The Kier molecular flexibility index (Phi) is 6.35. The van der Waals surface area contributed by atoms with Gasteiger partial charge in [-0.1, -0.05) is 6.07 Å². The van der Waals surface area contributed by atoms with Crippen molar-refractivity contribution in [1.29, 1.82) is 0 Å². The monoisotopic (exact) mass is 485 g/mol. The lowest BCUT2D eigenvalue weighted by Crippen LogP contribution is -2.53. The standard InChI is InChI=1S/C24H25F2N5O4/c25-18-2-3-19(20(26)12-18)24(33,14-31-16-27-15-28-31)13-29-5-7-30(8-6-29)23(32)17-1-4-21-22(11-17)35-10-9-34-21/h1-4,11-12,15-16,33H,5-10,13-14H2. The summed E-state index contributed by atoms with van der Waals surface area (Å²) in [5.74, 6) is -0.498. The summed E-state index contributed by atoms with van der Waals surface area (Å²) in [6.07, 6.45) is 2.75. The van der Waals surface area contributed by atoms with Crippen LogP contribution in [-0.2, 0) is 12.1 Å². The van der Waals surface area contributed by atoms with Gasteiger partial charge in [0.25, 0.3) is 5.91 Å². The molecule has 11 heteroatoms. The van der Waals surface area contributed by atoms with Crippen molar-refractivity contribution in [3.05, 3.63) is 71.8 Å². The van der Waals surface area contributed by atoms with E-state index >= 15 is 0 Å². The van der Waals surface area contributed by atoms with Crippen LogP contribution in [0.1, 0.15) is 15.9 Å². The second-order valence-electron chi connectivity index (χ2n) is 8.68. The van der Waals surface area contributed by atoms with Crippen molar-refractivity contribution in [1.82, 2.24) is 24.6 Å². The molecule has 2 aliphatic heterocycles. The van der Waals surface area contributed by atoms with Crippen LogP contribution in [0.4, 0.5) is 8.78 Å². The van der Waals surface area contributed by atoms with Gasteiger partial charge in [-0.15, -0.1) is 0 Å². The molecule has 1 fully saturated rings. The van der Waals surface area contributed by atoms with Crippen molar-refractivity contribution < 1.29 is 28.2 Å². The number of nitrogens with zero attached hydrogens (tertiary/aromatic N) is 5. The normalized spacial score (nSPS) is 17.7. The summed E-state index contributed by atoms with van der Waals surface area (Å²) in [6, 6.07) is 8.27. The Morgan fingerprint density at radius 1 is 1.00 bits per heavy atom. The van der Waals surface area contributed by atoms with Gasteiger partial charge in [0.15, 0.2) is 11.5 Å². The number of amides is 1. The van der Waals surface area contributed by atoms with Gasteiger partial charge < -0.3 is 19.5 Å². The predicted octanol–water partition coefficient (Wildman–Crippen LogP) is 1.67. The summed E-state index contributed by atoms with van der Waals surface area (Å²) in [5.41, 5.74) is -1.20. The third-order valence-electron chi connectivity index (χ3n) is 6.26. The SMILES string of the molecule is O=C(c1ccc2c(c1)OCCO2)N1CCN(CC(O)(Cn2cncn2)c2ccc(F)cc2F)CC1. The largest absolute Gasteiger partial charge is 0.486 e. The van der Waals surface area contributed by atoms with Crippen molar-refractivity contribution >= 4 is 5.91 Å². The van der Waals surface area contributed by atoms with E-state index in [0.29, 0.717) is 56.5 Å². The van der Waals surface area contributed by atoms with Crippen LogP contribution < -0.4 is 9.47 Å². The Morgan fingerprint density at radius 3 is 2.49 bits per heavy atom. The molecular formula is C24H25F2N5O4. The molecule has 1 aromatic heterocycles. The zero-order valence-electron chi connectivity index (χ0n) is 18.9. The highest BCUT2D eigenvalue weighted by molar-refractivity contribution is 5.95. The van der Waals surface area contributed by atoms with Crippen LogP contribution in [0.3, 0.4) is 0 Å². The minimum Gasteiger partial charge on any atom is -0.486 e. The van der Waals surface area contributed by atoms with E-state index in [4.69, 9.17) is 9.47 Å². The topological polar surface area (TPSA) is 93.0 Å². The second-order valence-corrected chi connectivity index (χ2v) is 8.68.